The molecule has 2 rings (SSSR count). The van der Waals surface area contributed by atoms with Gasteiger partial charge in [0, 0.05) is 4.90 Å². The quantitative estimate of drug-likeness (QED) is 0.574. The molecule has 0 bridgehead atoms. The molecular weight excluding hydrogens is 198 g/mol. The van der Waals surface area contributed by atoms with Gasteiger partial charge in [-0.15, -0.1) is 23.1 Å². The van der Waals surface area contributed by atoms with Crippen molar-refractivity contribution in [3.05, 3.63) is 23.1 Å². The van der Waals surface area contributed by atoms with E-state index < -0.39 is 0 Å². The Morgan fingerprint density at radius 2 is 2.23 bits per heavy atom. The van der Waals surface area contributed by atoms with Gasteiger partial charge in [-0.25, -0.2) is 0 Å². The third-order valence-corrected chi connectivity index (χ3v) is 4.03. The molecule has 2 aromatic rings. The minimum atomic E-state index is 0.942. The molecule has 2 N–H and O–H groups in total. The molecule has 0 aliphatic heterocycles. The van der Waals surface area contributed by atoms with Crippen molar-refractivity contribution in [3.8, 4) is 0 Å². The van der Waals surface area contributed by atoms with Crippen LogP contribution in [-0.2, 0) is 0 Å². The number of thiophene rings is 1. The molecule has 0 atom stereocenters. The number of rotatable bonds is 1. The average molecular weight is 209 g/mol. The molecule has 0 radical (unpaired) electrons. The molecule has 3 heteroatoms. The number of nitrogens with two attached hydrogens (primary N) is 1. The van der Waals surface area contributed by atoms with Gasteiger partial charge in [-0.1, -0.05) is 0 Å². The summed E-state index contributed by atoms with van der Waals surface area (Å²) in [6.45, 7) is 2.11. The van der Waals surface area contributed by atoms with Crippen LogP contribution in [0.4, 0.5) is 5.69 Å². The molecule has 1 heterocycles. The molecule has 0 amide bonds. The highest BCUT2D eigenvalue weighted by molar-refractivity contribution is 7.98. The summed E-state index contributed by atoms with van der Waals surface area (Å²) >= 11 is 3.44. The fourth-order valence-electron chi connectivity index (χ4n) is 1.54. The first-order valence-electron chi connectivity index (χ1n) is 4.04. The van der Waals surface area contributed by atoms with Crippen molar-refractivity contribution in [2.24, 2.45) is 0 Å². The summed E-state index contributed by atoms with van der Waals surface area (Å²) in [6, 6.07) is 4.32. The number of thioether (sulfide) groups is 1. The summed E-state index contributed by atoms with van der Waals surface area (Å²) < 4.78 is 1.22. The highest BCUT2D eigenvalue weighted by atomic mass is 32.2. The number of anilines is 1. The van der Waals surface area contributed by atoms with Gasteiger partial charge in [0.05, 0.1) is 10.4 Å². The van der Waals surface area contributed by atoms with Gasteiger partial charge in [0.25, 0.3) is 0 Å². The molecule has 0 spiro atoms. The topological polar surface area (TPSA) is 26.0 Å². The van der Waals surface area contributed by atoms with Crippen molar-refractivity contribution >= 4 is 38.9 Å². The van der Waals surface area contributed by atoms with E-state index in [-0.39, 0.29) is 0 Å². The molecule has 0 unspecified atom stereocenters. The Balaban J connectivity index is 2.85. The van der Waals surface area contributed by atoms with Gasteiger partial charge in [-0.05, 0) is 41.6 Å². The molecule has 13 heavy (non-hydrogen) atoms. The van der Waals surface area contributed by atoms with E-state index in [9.17, 15) is 0 Å². The van der Waals surface area contributed by atoms with Crippen LogP contribution in [0, 0.1) is 6.92 Å². The highest BCUT2D eigenvalue weighted by Gasteiger charge is 2.07. The van der Waals surface area contributed by atoms with Crippen molar-refractivity contribution in [3.63, 3.8) is 0 Å². The predicted octanol–water partition coefficient (Wildman–Crippen LogP) is 3.51. The minimum absolute atomic E-state index is 0.942. The molecule has 0 saturated heterocycles. The molecular formula is C10H11NS2. The second-order valence-electron chi connectivity index (χ2n) is 2.98. The fourth-order valence-corrected chi connectivity index (χ4v) is 3.15. The third-order valence-electron chi connectivity index (χ3n) is 2.12. The molecule has 68 valence electrons. The van der Waals surface area contributed by atoms with Gasteiger partial charge in [-0.2, -0.15) is 0 Å². The van der Waals surface area contributed by atoms with Crippen LogP contribution in [0.2, 0.25) is 0 Å². The average Bonchev–Trinajstić information content (AvgIpc) is 2.53. The Bertz CT molecular complexity index is 445. The van der Waals surface area contributed by atoms with Crippen LogP contribution in [0.3, 0.4) is 0 Å². The first kappa shape index (κ1) is 8.91. The van der Waals surface area contributed by atoms with Gasteiger partial charge >= 0.3 is 0 Å². The smallest absolute Gasteiger partial charge is 0.0636 e. The van der Waals surface area contributed by atoms with Crippen LogP contribution < -0.4 is 5.73 Å². The zero-order valence-corrected chi connectivity index (χ0v) is 9.26. The second-order valence-corrected chi connectivity index (χ2v) is 4.71. The molecule has 0 saturated carbocycles. The number of hydrogen-bond donors (Lipinski definition) is 1. The van der Waals surface area contributed by atoms with Crippen LogP contribution in [0.25, 0.3) is 10.1 Å². The van der Waals surface area contributed by atoms with E-state index >= 15 is 0 Å². The van der Waals surface area contributed by atoms with Crippen molar-refractivity contribution in [1.82, 2.24) is 0 Å². The molecule has 1 aromatic carbocycles. The summed E-state index contributed by atoms with van der Waals surface area (Å²) in [5.74, 6) is 0. The Labute approximate surface area is 85.9 Å². The Morgan fingerprint density at radius 3 is 2.92 bits per heavy atom. The lowest BCUT2D eigenvalue weighted by Crippen LogP contribution is -1.90. The number of fused-ring (bicyclic) bond motifs is 1. The number of hydrogen-bond acceptors (Lipinski definition) is 3. The SMILES string of the molecule is CSc1c(C)cc2ccsc2c1N. The molecule has 0 fully saturated rings. The highest BCUT2D eigenvalue weighted by Crippen LogP contribution is 2.36. The number of aryl methyl sites for hydroxylation is 1. The van der Waals surface area contributed by atoms with Gasteiger partial charge in [-0.3, -0.25) is 0 Å². The Hall–Kier alpha value is -0.670. The molecule has 1 nitrogen and oxygen atoms in total. The van der Waals surface area contributed by atoms with E-state index in [2.05, 4.69) is 30.7 Å². The molecule has 1 aromatic heterocycles. The Kier molecular flexibility index (Phi) is 2.22. The van der Waals surface area contributed by atoms with Gasteiger partial charge in [0.15, 0.2) is 0 Å². The zero-order valence-electron chi connectivity index (χ0n) is 7.63. The van der Waals surface area contributed by atoms with Crippen LogP contribution in [-0.4, -0.2) is 6.26 Å². The van der Waals surface area contributed by atoms with E-state index in [0.717, 1.165) is 5.69 Å². The van der Waals surface area contributed by atoms with Crippen LogP contribution >= 0.6 is 23.1 Å². The zero-order chi connectivity index (χ0) is 9.42. The summed E-state index contributed by atoms with van der Waals surface area (Å²) in [6.07, 6.45) is 2.07. The Morgan fingerprint density at radius 1 is 1.46 bits per heavy atom. The van der Waals surface area contributed by atoms with Crippen LogP contribution in [0.15, 0.2) is 22.4 Å². The first-order valence-corrected chi connectivity index (χ1v) is 6.14. The van der Waals surface area contributed by atoms with Gasteiger partial charge < -0.3 is 5.73 Å². The lowest BCUT2D eigenvalue weighted by Gasteiger charge is -2.07. The molecule has 0 aliphatic rings. The maximum absolute atomic E-state index is 6.06. The monoisotopic (exact) mass is 209 g/mol. The number of nitrogen functional groups attached to an aromatic ring is 1. The lowest BCUT2D eigenvalue weighted by molar-refractivity contribution is 1.34. The summed E-state index contributed by atoms with van der Waals surface area (Å²) in [7, 11) is 0. The van der Waals surface area contributed by atoms with Crippen LogP contribution in [0.5, 0.6) is 0 Å². The summed E-state index contributed by atoms with van der Waals surface area (Å²) in [4.78, 5) is 1.22. The standard InChI is InChI=1S/C10H11NS2/c1-6-5-7-3-4-13-10(7)8(11)9(6)12-2/h3-5H,11H2,1-2H3. The second kappa shape index (κ2) is 3.24. The van der Waals surface area contributed by atoms with Crippen LogP contribution in [0.1, 0.15) is 5.56 Å². The predicted molar refractivity (Wildman–Crippen MR) is 62.8 cm³/mol. The van der Waals surface area contributed by atoms with E-state index in [1.54, 1.807) is 23.1 Å². The number of benzene rings is 1. The maximum Gasteiger partial charge on any atom is 0.0636 e. The van der Waals surface area contributed by atoms with Crippen molar-refractivity contribution < 1.29 is 0 Å². The largest absolute Gasteiger partial charge is 0.397 e. The summed E-state index contributed by atoms with van der Waals surface area (Å²) in [5, 5.41) is 3.35. The van der Waals surface area contributed by atoms with Crippen molar-refractivity contribution in [2.45, 2.75) is 11.8 Å². The van der Waals surface area contributed by atoms with E-state index in [4.69, 9.17) is 5.73 Å². The maximum atomic E-state index is 6.06. The van der Waals surface area contributed by atoms with E-state index in [1.165, 1.54) is 20.5 Å². The minimum Gasteiger partial charge on any atom is -0.397 e. The van der Waals surface area contributed by atoms with E-state index in [0.29, 0.717) is 0 Å². The lowest BCUT2D eigenvalue weighted by atomic mass is 10.1. The van der Waals surface area contributed by atoms with E-state index in [1.807, 2.05) is 0 Å². The van der Waals surface area contributed by atoms with Gasteiger partial charge in [0.2, 0.25) is 0 Å². The first-order chi connectivity index (χ1) is 6.24. The summed E-state index contributed by atoms with van der Waals surface area (Å²) in [5.41, 5.74) is 8.28. The normalized spacial score (nSPS) is 10.9. The fraction of sp³-hybridized carbons (Fsp3) is 0.200. The van der Waals surface area contributed by atoms with Gasteiger partial charge in [0.1, 0.15) is 0 Å². The third kappa shape index (κ3) is 1.32. The van der Waals surface area contributed by atoms with Crippen molar-refractivity contribution in [1.29, 1.82) is 0 Å². The van der Waals surface area contributed by atoms with Crippen molar-refractivity contribution in [2.75, 3.05) is 12.0 Å². The molecule has 0 aliphatic carbocycles.